The van der Waals surface area contributed by atoms with Gasteiger partial charge in [-0.1, -0.05) is 18.2 Å². The number of hydrogen-bond acceptors (Lipinski definition) is 7. The predicted molar refractivity (Wildman–Crippen MR) is 130 cm³/mol. The van der Waals surface area contributed by atoms with Gasteiger partial charge in [0.25, 0.3) is 5.91 Å². The van der Waals surface area contributed by atoms with Gasteiger partial charge in [0.15, 0.2) is 0 Å². The van der Waals surface area contributed by atoms with Crippen molar-refractivity contribution in [1.29, 1.82) is 0 Å². The largest absolute Gasteiger partial charge is 0.462 e. The van der Waals surface area contributed by atoms with Crippen molar-refractivity contribution in [3.05, 3.63) is 59.7 Å². The molecule has 34 heavy (non-hydrogen) atoms. The maximum atomic E-state index is 14.2. The second-order valence-electron chi connectivity index (χ2n) is 9.08. The topological polar surface area (TPSA) is 85.7 Å². The molecule has 0 saturated carbocycles. The molecule has 5 rings (SSSR count). The molecule has 0 unspecified atom stereocenters. The number of carbonyl (C=O) groups is 2. The molecule has 3 heterocycles. The summed E-state index contributed by atoms with van der Waals surface area (Å²) in [6.07, 6.45) is 0.586. The third-order valence-electron chi connectivity index (χ3n) is 7.31. The number of hydrogen-bond donors (Lipinski definition) is 1. The summed E-state index contributed by atoms with van der Waals surface area (Å²) in [6.45, 7) is 7.02. The van der Waals surface area contributed by atoms with Crippen LogP contribution < -0.4 is 9.91 Å². The molecular formula is C26H30N4O4. The summed E-state index contributed by atoms with van der Waals surface area (Å²) in [5.74, 6) is -0.437. The maximum absolute atomic E-state index is 14.2. The van der Waals surface area contributed by atoms with E-state index in [9.17, 15) is 14.7 Å². The number of piperazine rings is 1. The first-order valence-corrected chi connectivity index (χ1v) is 11.8. The lowest BCUT2D eigenvalue weighted by Gasteiger charge is -2.53. The average molecular weight is 463 g/mol. The molecule has 0 aromatic heterocycles. The summed E-state index contributed by atoms with van der Waals surface area (Å²) in [5.41, 5.74) is 3.40. The third-order valence-corrected chi connectivity index (χ3v) is 7.31. The standard InChI is InChI=1S/C26H30N4O4/c1-3-34-24(32)19-8-10-21(11-9-19)30-25(33)26(18(2)27-30)16-20-6-4-5-7-22(20)29-13-12-28(14-15-31)17-23(26)29/h4-11,23,31H,3,12-17H2,1-2H3/t23-,26+/m0/s1. The molecular weight excluding hydrogens is 432 g/mol. The minimum Gasteiger partial charge on any atom is -0.462 e. The summed E-state index contributed by atoms with van der Waals surface area (Å²) in [5, 5.41) is 15.8. The number of benzene rings is 2. The van der Waals surface area contributed by atoms with Crippen LogP contribution in [0.1, 0.15) is 29.8 Å². The second kappa shape index (κ2) is 8.85. The van der Waals surface area contributed by atoms with Crippen LogP contribution in [0.4, 0.5) is 11.4 Å². The van der Waals surface area contributed by atoms with E-state index < -0.39 is 5.41 Å². The van der Waals surface area contributed by atoms with Gasteiger partial charge in [-0.15, -0.1) is 0 Å². The molecule has 178 valence electrons. The van der Waals surface area contributed by atoms with Crippen molar-refractivity contribution in [1.82, 2.24) is 4.90 Å². The van der Waals surface area contributed by atoms with Crippen molar-refractivity contribution >= 4 is 29.0 Å². The summed E-state index contributed by atoms with van der Waals surface area (Å²) < 4.78 is 5.07. The molecule has 3 aliphatic heterocycles. The first kappa shape index (κ1) is 22.6. The molecule has 0 radical (unpaired) electrons. The Labute approximate surface area is 199 Å². The van der Waals surface area contributed by atoms with E-state index in [0.717, 1.165) is 24.4 Å². The van der Waals surface area contributed by atoms with Crippen LogP contribution in [-0.4, -0.2) is 73.0 Å². The average Bonchev–Trinajstić information content (AvgIpc) is 3.10. The van der Waals surface area contributed by atoms with E-state index >= 15 is 0 Å². The molecule has 1 amide bonds. The molecule has 1 N–H and O–H groups in total. The number of hydrazone groups is 1. The Hall–Kier alpha value is -3.23. The molecule has 8 heteroatoms. The van der Waals surface area contributed by atoms with Gasteiger partial charge in [0.1, 0.15) is 5.41 Å². The van der Waals surface area contributed by atoms with Gasteiger partial charge in [-0.25, -0.2) is 4.79 Å². The van der Waals surface area contributed by atoms with Crippen LogP contribution in [0.15, 0.2) is 53.6 Å². The normalized spacial score (nSPS) is 24.1. The van der Waals surface area contributed by atoms with Crippen LogP contribution in [-0.2, 0) is 16.0 Å². The minimum atomic E-state index is -0.789. The predicted octanol–water partition coefficient (Wildman–Crippen LogP) is 2.31. The highest BCUT2D eigenvalue weighted by atomic mass is 16.5. The molecule has 1 spiro atoms. The van der Waals surface area contributed by atoms with Crippen molar-refractivity contribution in [2.45, 2.75) is 26.3 Å². The molecule has 3 aliphatic rings. The first-order chi connectivity index (χ1) is 16.5. The molecule has 2 atom stereocenters. The number of aliphatic hydroxyl groups is 1. The molecule has 1 fully saturated rings. The molecule has 0 aliphatic carbocycles. The lowest BCUT2D eigenvalue weighted by Crippen LogP contribution is -2.67. The number of fused-ring (bicyclic) bond motifs is 4. The highest BCUT2D eigenvalue weighted by Gasteiger charge is 2.59. The monoisotopic (exact) mass is 462 g/mol. The van der Waals surface area contributed by atoms with Crippen LogP contribution in [0.25, 0.3) is 0 Å². The number of amides is 1. The molecule has 1 saturated heterocycles. The van der Waals surface area contributed by atoms with Gasteiger partial charge in [0.05, 0.1) is 36.2 Å². The van der Waals surface area contributed by atoms with E-state index in [0.29, 0.717) is 37.4 Å². The van der Waals surface area contributed by atoms with Gasteiger partial charge in [0, 0.05) is 31.9 Å². The van der Waals surface area contributed by atoms with Gasteiger partial charge in [-0.05, 0) is 56.2 Å². The van der Waals surface area contributed by atoms with Crippen LogP contribution in [0.3, 0.4) is 0 Å². The van der Waals surface area contributed by atoms with E-state index in [2.05, 4.69) is 21.9 Å². The van der Waals surface area contributed by atoms with Crippen LogP contribution in [0, 0.1) is 5.41 Å². The zero-order valence-electron chi connectivity index (χ0n) is 19.6. The molecule has 2 aromatic rings. The third kappa shape index (κ3) is 3.49. The van der Waals surface area contributed by atoms with Crippen molar-refractivity contribution < 1.29 is 19.4 Å². The second-order valence-corrected chi connectivity index (χ2v) is 9.08. The number of ether oxygens (including phenoxy) is 1. The van der Waals surface area contributed by atoms with Crippen LogP contribution >= 0.6 is 0 Å². The Morgan fingerprint density at radius 1 is 1.18 bits per heavy atom. The van der Waals surface area contributed by atoms with E-state index in [1.807, 2.05) is 19.1 Å². The van der Waals surface area contributed by atoms with Crippen molar-refractivity contribution in [2.75, 3.05) is 49.3 Å². The maximum Gasteiger partial charge on any atom is 0.338 e. The van der Waals surface area contributed by atoms with Crippen molar-refractivity contribution in [2.24, 2.45) is 10.5 Å². The van der Waals surface area contributed by atoms with Gasteiger partial charge >= 0.3 is 5.97 Å². The van der Waals surface area contributed by atoms with Gasteiger partial charge in [-0.3, -0.25) is 9.69 Å². The highest BCUT2D eigenvalue weighted by Crippen LogP contribution is 2.48. The van der Waals surface area contributed by atoms with E-state index in [4.69, 9.17) is 9.84 Å². The van der Waals surface area contributed by atoms with E-state index in [1.165, 1.54) is 10.7 Å². The quantitative estimate of drug-likeness (QED) is 0.687. The highest BCUT2D eigenvalue weighted by molar-refractivity contribution is 6.20. The van der Waals surface area contributed by atoms with Gasteiger partial charge < -0.3 is 14.7 Å². The summed E-state index contributed by atoms with van der Waals surface area (Å²) in [6, 6.07) is 15.0. The smallest absolute Gasteiger partial charge is 0.338 e. The lowest BCUT2D eigenvalue weighted by atomic mass is 9.67. The lowest BCUT2D eigenvalue weighted by molar-refractivity contribution is -0.125. The fourth-order valence-corrected chi connectivity index (χ4v) is 5.60. The number of para-hydroxylation sites is 1. The fourth-order valence-electron chi connectivity index (χ4n) is 5.60. The summed E-state index contributed by atoms with van der Waals surface area (Å²) in [4.78, 5) is 30.8. The molecule has 8 nitrogen and oxygen atoms in total. The Bertz CT molecular complexity index is 1130. The number of carbonyl (C=O) groups excluding carboxylic acids is 2. The van der Waals surface area contributed by atoms with Gasteiger partial charge in [-0.2, -0.15) is 10.1 Å². The zero-order chi connectivity index (χ0) is 23.9. The Balaban J connectivity index is 1.51. The Kier molecular flexibility index (Phi) is 5.87. The van der Waals surface area contributed by atoms with Crippen molar-refractivity contribution in [3.8, 4) is 0 Å². The van der Waals surface area contributed by atoms with Crippen LogP contribution in [0.5, 0.6) is 0 Å². The van der Waals surface area contributed by atoms with Crippen LogP contribution in [0.2, 0.25) is 0 Å². The number of nitrogens with zero attached hydrogens (tertiary/aromatic N) is 4. The van der Waals surface area contributed by atoms with E-state index in [1.54, 1.807) is 31.2 Å². The van der Waals surface area contributed by atoms with E-state index in [-0.39, 0.29) is 24.5 Å². The number of rotatable bonds is 5. The zero-order valence-corrected chi connectivity index (χ0v) is 19.6. The molecule has 2 aromatic carbocycles. The first-order valence-electron chi connectivity index (χ1n) is 11.8. The number of anilines is 2. The molecule has 0 bridgehead atoms. The SMILES string of the molecule is CCOC(=O)c1ccc(N2N=C(C)[C@@]3(Cc4ccccc4N4CCN(CCO)C[C@H]43)C2=O)cc1. The number of esters is 1. The summed E-state index contributed by atoms with van der Waals surface area (Å²) in [7, 11) is 0. The summed E-state index contributed by atoms with van der Waals surface area (Å²) >= 11 is 0. The van der Waals surface area contributed by atoms with Crippen molar-refractivity contribution in [3.63, 3.8) is 0 Å². The number of β-amino-alcohol motifs (C(OH)–C–C–N with tert-alkyl or cyclic N) is 1. The Morgan fingerprint density at radius 3 is 2.68 bits per heavy atom. The minimum absolute atomic E-state index is 0.0516. The fraction of sp³-hybridized carbons (Fsp3) is 0.423. The van der Waals surface area contributed by atoms with Gasteiger partial charge in [0.2, 0.25) is 0 Å². The Morgan fingerprint density at radius 2 is 1.94 bits per heavy atom. The number of aliphatic hydroxyl groups excluding tert-OH is 1.